The number of amides is 1. The molecular formula is C38H71NO3. The summed E-state index contributed by atoms with van der Waals surface area (Å²) in [5, 5.41) is 22.8. The third kappa shape index (κ3) is 30.1. The average Bonchev–Trinajstić information content (AvgIpc) is 2.99. The number of hydrogen-bond donors (Lipinski definition) is 3. The lowest BCUT2D eigenvalue weighted by molar-refractivity contribution is -0.123. The quantitative estimate of drug-likeness (QED) is 0.0540. The molecule has 42 heavy (non-hydrogen) atoms. The lowest BCUT2D eigenvalue weighted by Crippen LogP contribution is -2.45. The van der Waals surface area contributed by atoms with Gasteiger partial charge >= 0.3 is 0 Å². The molecule has 0 saturated carbocycles. The summed E-state index contributed by atoms with van der Waals surface area (Å²) in [7, 11) is 0. The molecule has 246 valence electrons. The summed E-state index contributed by atoms with van der Waals surface area (Å²) < 4.78 is 0. The van der Waals surface area contributed by atoms with Gasteiger partial charge in [0, 0.05) is 6.42 Å². The lowest BCUT2D eigenvalue weighted by Gasteiger charge is -2.19. The average molecular weight is 590 g/mol. The number of aliphatic hydroxyl groups excluding tert-OH is 2. The van der Waals surface area contributed by atoms with Crippen molar-refractivity contribution in [2.24, 2.45) is 0 Å². The van der Waals surface area contributed by atoms with E-state index in [1.807, 2.05) is 6.08 Å². The zero-order valence-electron chi connectivity index (χ0n) is 28.0. The fraction of sp³-hybridized carbons (Fsp3) is 0.816. The fourth-order valence-corrected chi connectivity index (χ4v) is 5.25. The maximum Gasteiger partial charge on any atom is 0.220 e. The molecule has 0 aromatic heterocycles. The fourth-order valence-electron chi connectivity index (χ4n) is 5.25. The molecule has 3 N–H and O–H groups in total. The molecule has 4 nitrogen and oxygen atoms in total. The molecule has 0 radical (unpaired) electrons. The third-order valence-electron chi connectivity index (χ3n) is 8.10. The zero-order chi connectivity index (χ0) is 30.8. The monoisotopic (exact) mass is 590 g/mol. The predicted octanol–water partition coefficient (Wildman–Crippen LogP) is 10.7. The van der Waals surface area contributed by atoms with E-state index in [0.717, 1.165) is 32.1 Å². The highest BCUT2D eigenvalue weighted by Gasteiger charge is 2.17. The number of carbonyl (C=O) groups excluding carboxylic acids is 1. The molecule has 0 aromatic rings. The number of aliphatic hydroxyl groups is 2. The Labute approximate surface area is 261 Å². The van der Waals surface area contributed by atoms with Gasteiger partial charge in [0.25, 0.3) is 0 Å². The highest BCUT2D eigenvalue weighted by molar-refractivity contribution is 5.76. The van der Waals surface area contributed by atoms with Gasteiger partial charge in [-0.3, -0.25) is 4.79 Å². The molecule has 0 saturated heterocycles. The number of rotatable bonds is 32. The van der Waals surface area contributed by atoms with Gasteiger partial charge in [0.1, 0.15) is 0 Å². The number of nitrogens with one attached hydrogen (secondary N) is 1. The molecule has 0 heterocycles. The van der Waals surface area contributed by atoms with Gasteiger partial charge < -0.3 is 15.5 Å². The lowest BCUT2D eigenvalue weighted by atomic mass is 10.1. The first-order valence-electron chi connectivity index (χ1n) is 18.2. The van der Waals surface area contributed by atoms with E-state index >= 15 is 0 Å². The Balaban J connectivity index is 3.67. The van der Waals surface area contributed by atoms with Gasteiger partial charge in [-0.1, -0.05) is 153 Å². The SMILES string of the molecule is CCCCCCCC/C=C\CCCCCCCCCC(=O)NC(CO)C(O)/C=C/CC/C=C/CCCCCCCCC. The first kappa shape index (κ1) is 40.6. The van der Waals surface area contributed by atoms with Crippen LogP contribution in [0.1, 0.15) is 181 Å². The number of carbonyl (C=O) groups is 1. The molecule has 0 spiro atoms. The van der Waals surface area contributed by atoms with Gasteiger partial charge in [-0.15, -0.1) is 0 Å². The van der Waals surface area contributed by atoms with E-state index in [1.165, 1.54) is 128 Å². The number of allylic oxidation sites excluding steroid dienone is 5. The second-order valence-corrected chi connectivity index (χ2v) is 12.3. The van der Waals surface area contributed by atoms with E-state index in [1.54, 1.807) is 6.08 Å². The molecule has 0 aliphatic heterocycles. The van der Waals surface area contributed by atoms with Crippen molar-refractivity contribution in [2.45, 2.75) is 193 Å². The number of hydrogen-bond acceptors (Lipinski definition) is 3. The summed E-state index contributed by atoms with van der Waals surface area (Å²) in [5.74, 6) is -0.0810. The van der Waals surface area contributed by atoms with Crippen LogP contribution in [0.2, 0.25) is 0 Å². The Hall–Kier alpha value is -1.39. The Morgan fingerprint density at radius 2 is 0.929 bits per heavy atom. The van der Waals surface area contributed by atoms with E-state index in [-0.39, 0.29) is 12.5 Å². The minimum Gasteiger partial charge on any atom is -0.394 e. The highest BCUT2D eigenvalue weighted by atomic mass is 16.3. The van der Waals surface area contributed by atoms with Gasteiger partial charge in [-0.05, 0) is 57.8 Å². The highest BCUT2D eigenvalue weighted by Crippen LogP contribution is 2.12. The molecule has 2 unspecified atom stereocenters. The van der Waals surface area contributed by atoms with Crippen LogP contribution in [0.25, 0.3) is 0 Å². The summed E-state index contributed by atoms with van der Waals surface area (Å²) in [6, 6.07) is -0.638. The maximum atomic E-state index is 12.3. The first-order chi connectivity index (χ1) is 20.7. The van der Waals surface area contributed by atoms with Gasteiger partial charge in [0.15, 0.2) is 0 Å². The van der Waals surface area contributed by atoms with Crippen LogP contribution < -0.4 is 5.32 Å². The van der Waals surface area contributed by atoms with E-state index in [9.17, 15) is 15.0 Å². The molecular weight excluding hydrogens is 518 g/mol. The second-order valence-electron chi connectivity index (χ2n) is 12.3. The van der Waals surface area contributed by atoms with Crippen molar-refractivity contribution in [1.82, 2.24) is 5.32 Å². The molecule has 2 atom stereocenters. The van der Waals surface area contributed by atoms with E-state index < -0.39 is 12.1 Å². The zero-order valence-corrected chi connectivity index (χ0v) is 28.0. The Morgan fingerprint density at radius 1 is 0.548 bits per heavy atom. The maximum absolute atomic E-state index is 12.3. The molecule has 4 heteroatoms. The van der Waals surface area contributed by atoms with Crippen LogP contribution in [0.4, 0.5) is 0 Å². The van der Waals surface area contributed by atoms with Crippen molar-refractivity contribution in [2.75, 3.05) is 6.61 Å². The molecule has 0 aliphatic carbocycles. The van der Waals surface area contributed by atoms with Gasteiger partial charge in [0.2, 0.25) is 5.91 Å². The van der Waals surface area contributed by atoms with E-state index in [2.05, 4.69) is 43.5 Å². The standard InChI is InChI=1S/C38H71NO3/c1-3-5-7-9-11-13-15-17-18-19-20-22-24-26-28-30-32-34-38(42)39-36(35-40)37(41)33-31-29-27-25-23-21-16-14-12-10-8-6-4-2/h17-18,23,25,31,33,36-37,40-41H,3-16,19-22,24,26-30,32,34-35H2,1-2H3,(H,39,42)/b18-17-,25-23+,33-31+. The van der Waals surface area contributed by atoms with Crippen LogP contribution in [0, 0.1) is 0 Å². The van der Waals surface area contributed by atoms with Crippen molar-refractivity contribution >= 4 is 5.91 Å². The Kier molecular flexibility index (Phi) is 33.0. The summed E-state index contributed by atoms with van der Waals surface area (Å²) in [6.45, 7) is 4.26. The van der Waals surface area contributed by atoms with Crippen molar-refractivity contribution in [3.63, 3.8) is 0 Å². The van der Waals surface area contributed by atoms with E-state index in [4.69, 9.17) is 0 Å². The van der Waals surface area contributed by atoms with E-state index in [0.29, 0.717) is 6.42 Å². The van der Waals surface area contributed by atoms with Crippen LogP contribution in [-0.4, -0.2) is 34.9 Å². The minimum atomic E-state index is -0.860. The second kappa shape index (κ2) is 34.1. The Bertz CT molecular complexity index is 642. The van der Waals surface area contributed by atoms with Crippen LogP contribution in [0.3, 0.4) is 0 Å². The number of unbranched alkanes of at least 4 members (excludes halogenated alkanes) is 21. The molecule has 0 aromatic carbocycles. The van der Waals surface area contributed by atoms with Crippen molar-refractivity contribution < 1.29 is 15.0 Å². The van der Waals surface area contributed by atoms with Crippen molar-refractivity contribution in [1.29, 1.82) is 0 Å². The molecule has 0 fully saturated rings. The summed E-state index contributed by atoms with van der Waals surface area (Å²) in [6.07, 6.45) is 43.7. The molecule has 0 bridgehead atoms. The largest absolute Gasteiger partial charge is 0.394 e. The third-order valence-corrected chi connectivity index (χ3v) is 8.10. The van der Waals surface area contributed by atoms with Gasteiger partial charge in [-0.25, -0.2) is 0 Å². The predicted molar refractivity (Wildman–Crippen MR) is 184 cm³/mol. The van der Waals surface area contributed by atoms with Crippen LogP contribution in [0.15, 0.2) is 36.5 Å². The summed E-state index contributed by atoms with van der Waals surface area (Å²) in [4.78, 5) is 12.3. The molecule has 0 rings (SSSR count). The van der Waals surface area contributed by atoms with Crippen molar-refractivity contribution in [3.8, 4) is 0 Å². The van der Waals surface area contributed by atoms with Crippen LogP contribution in [-0.2, 0) is 4.79 Å². The molecule has 1 amide bonds. The summed E-state index contributed by atoms with van der Waals surface area (Å²) in [5.41, 5.74) is 0. The van der Waals surface area contributed by atoms with Crippen LogP contribution >= 0.6 is 0 Å². The Morgan fingerprint density at radius 3 is 1.38 bits per heavy atom. The van der Waals surface area contributed by atoms with Crippen molar-refractivity contribution in [3.05, 3.63) is 36.5 Å². The first-order valence-corrected chi connectivity index (χ1v) is 18.2. The van der Waals surface area contributed by atoms with Gasteiger partial charge in [0.05, 0.1) is 18.8 Å². The minimum absolute atomic E-state index is 0.0810. The smallest absolute Gasteiger partial charge is 0.220 e. The topological polar surface area (TPSA) is 69.6 Å². The normalized spacial score (nSPS) is 13.5. The van der Waals surface area contributed by atoms with Gasteiger partial charge in [-0.2, -0.15) is 0 Å². The van der Waals surface area contributed by atoms with Crippen LogP contribution in [0.5, 0.6) is 0 Å². The summed E-state index contributed by atoms with van der Waals surface area (Å²) >= 11 is 0. The molecule has 0 aliphatic rings.